The van der Waals surface area contributed by atoms with Crippen molar-refractivity contribution in [3.05, 3.63) is 88.2 Å². The topological polar surface area (TPSA) is 103 Å². The minimum absolute atomic E-state index is 0.103. The van der Waals surface area contributed by atoms with Gasteiger partial charge in [0.2, 0.25) is 5.95 Å². The van der Waals surface area contributed by atoms with Gasteiger partial charge in [-0.05, 0) is 41.5 Å². The standard InChI is InChI=1S/C27H26N6OS/c1-29-21(13-16-7-4-3-5-8-16)23-19(28)12-11-18-15-31-27(33-24(18)23)32-20-10-6-9-17-14-22(26(34)30-2)35-25(17)20/h3-10,14-15,28-29H,11-13H2,1-2H3,(H,30,34)(H,31,32,33)/b23-21+,28-19?. The molecule has 5 rings (SSSR count). The Bertz CT molecular complexity index is 1460. The molecule has 1 amide bonds. The van der Waals surface area contributed by atoms with Crippen molar-refractivity contribution in [1.29, 1.82) is 5.41 Å². The lowest BCUT2D eigenvalue weighted by Crippen LogP contribution is -2.22. The van der Waals surface area contributed by atoms with Gasteiger partial charge in [0.25, 0.3) is 5.91 Å². The molecule has 0 spiro atoms. The van der Waals surface area contributed by atoms with Gasteiger partial charge >= 0.3 is 0 Å². The maximum atomic E-state index is 12.1. The summed E-state index contributed by atoms with van der Waals surface area (Å²) in [6.45, 7) is 0. The third-order valence-electron chi connectivity index (χ3n) is 6.12. The van der Waals surface area contributed by atoms with Crippen LogP contribution in [0.5, 0.6) is 0 Å². The number of rotatable bonds is 6. The fourth-order valence-electron chi connectivity index (χ4n) is 4.34. The van der Waals surface area contributed by atoms with E-state index in [1.54, 1.807) is 7.05 Å². The molecule has 2 heterocycles. The van der Waals surface area contributed by atoms with Crippen molar-refractivity contribution in [2.45, 2.75) is 19.3 Å². The maximum Gasteiger partial charge on any atom is 0.261 e. The minimum atomic E-state index is -0.103. The molecule has 35 heavy (non-hydrogen) atoms. The summed E-state index contributed by atoms with van der Waals surface area (Å²) in [5, 5.41) is 19.1. The fourth-order valence-corrected chi connectivity index (χ4v) is 5.41. The van der Waals surface area contributed by atoms with Crippen molar-refractivity contribution in [1.82, 2.24) is 20.6 Å². The number of thiophene rings is 1. The van der Waals surface area contributed by atoms with Crippen LogP contribution >= 0.6 is 11.3 Å². The molecule has 1 aliphatic carbocycles. The normalized spacial score (nSPS) is 14.4. The molecule has 2 aromatic heterocycles. The minimum Gasteiger partial charge on any atom is -0.391 e. The number of anilines is 2. The van der Waals surface area contributed by atoms with Gasteiger partial charge < -0.3 is 21.4 Å². The number of nitrogens with zero attached hydrogens (tertiary/aromatic N) is 2. The van der Waals surface area contributed by atoms with Crippen molar-refractivity contribution in [3.63, 3.8) is 0 Å². The molecule has 0 unspecified atom stereocenters. The third-order valence-corrected chi connectivity index (χ3v) is 7.30. The van der Waals surface area contributed by atoms with Crippen LogP contribution in [-0.4, -0.2) is 35.7 Å². The molecule has 4 aromatic rings. The van der Waals surface area contributed by atoms with E-state index in [4.69, 9.17) is 10.4 Å². The first-order chi connectivity index (χ1) is 17.1. The second-order valence-corrected chi connectivity index (χ2v) is 9.40. The lowest BCUT2D eigenvalue weighted by atomic mass is 9.88. The molecule has 0 saturated carbocycles. The highest BCUT2D eigenvalue weighted by molar-refractivity contribution is 7.21. The second-order valence-electron chi connectivity index (χ2n) is 8.35. The summed E-state index contributed by atoms with van der Waals surface area (Å²) in [6, 6.07) is 18.0. The monoisotopic (exact) mass is 482 g/mol. The number of benzene rings is 2. The Morgan fingerprint density at radius 3 is 2.66 bits per heavy atom. The van der Waals surface area contributed by atoms with Gasteiger partial charge in [-0.15, -0.1) is 11.3 Å². The van der Waals surface area contributed by atoms with E-state index in [0.29, 0.717) is 29.4 Å². The van der Waals surface area contributed by atoms with Crippen molar-refractivity contribution >= 4 is 50.3 Å². The summed E-state index contributed by atoms with van der Waals surface area (Å²) in [5.41, 5.74) is 6.26. The summed E-state index contributed by atoms with van der Waals surface area (Å²) in [5.74, 6) is 0.363. The average molecular weight is 483 g/mol. The number of carbonyl (C=O) groups is 1. The molecule has 0 radical (unpaired) electrons. The van der Waals surface area contributed by atoms with Gasteiger partial charge in [0.05, 0.1) is 21.0 Å². The number of amides is 1. The highest BCUT2D eigenvalue weighted by Crippen LogP contribution is 2.35. The number of aromatic nitrogens is 2. The molecular weight excluding hydrogens is 456 g/mol. The maximum absolute atomic E-state index is 12.1. The number of likely N-dealkylation sites (N-methyl/N-ethyl adjacent to an activating group) is 1. The molecule has 176 valence electrons. The summed E-state index contributed by atoms with van der Waals surface area (Å²) in [7, 11) is 3.53. The summed E-state index contributed by atoms with van der Waals surface area (Å²) in [4.78, 5) is 22.2. The zero-order valence-corrected chi connectivity index (χ0v) is 20.4. The van der Waals surface area contributed by atoms with Crippen molar-refractivity contribution in [2.24, 2.45) is 0 Å². The van der Waals surface area contributed by atoms with E-state index in [9.17, 15) is 4.79 Å². The van der Waals surface area contributed by atoms with Gasteiger partial charge in [0, 0.05) is 43.7 Å². The van der Waals surface area contributed by atoms with Crippen molar-refractivity contribution in [3.8, 4) is 0 Å². The Balaban J connectivity index is 1.54. The van der Waals surface area contributed by atoms with E-state index in [-0.39, 0.29) is 5.91 Å². The molecule has 0 bridgehead atoms. The second kappa shape index (κ2) is 9.68. The Morgan fingerprint density at radius 2 is 1.89 bits per heavy atom. The van der Waals surface area contributed by atoms with Crippen LogP contribution < -0.4 is 16.0 Å². The first-order valence-electron chi connectivity index (χ1n) is 11.5. The van der Waals surface area contributed by atoms with Gasteiger partial charge in [0.15, 0.2) is 0 Å². The summed E-state index contributed by atoms with van der Waals surface area (Å²) in [6.07, 6.45) is 3.96. The van der Waals surface area contributed by atoms with Crippen LogP contribution in [0.1, 0.15) is 32.9 Å². The number of aryl methyl sites for hydroxylation is 1. The van der Waals surface area contributed by atoms with E-state index < -0.39 is 0 Å². The van der Waals surface area contributed by atoms with E-state index in [1.165, 1.54) is 16.9 Å². The highest BCUT2D eigenvalue weighted by Gasteiger charge is 2.25. The first kappa shape index (κ1) is 22.7. The van der Waals surface area contributed by atoms with E-state index in [1.807, 2.05) is 55.7 Å². The third kappa shape index (κ3) is 4.52. The number of hydrogen-bond donors (Lipinski definition) is 4. The van der Waals surface area contributed by atoms with E-state index in [2.05, 4.69) is 33.1 Å². The molecular formula is C27H26N6OS. The van der Waals surface area contributed by atoms with Crippen LogP contribution in [-0.2, 0) is 12.8 Å². The van der Waals surface area contributed by atoms with Crippen molar-refractivity contribution < 1.29 is 4.79 Å². The predicted molar refractivity (Wildman–Crippen MR) is 143 cm³/mol. The van der Waals surface area contributed by atoms with Gasteiger partial charge in [-0.1, -0.05) is 42.5 Å². The molecule has 0 saturated heterocycles. The Hall–Kier alpha value is -4.04. The van der Waals surface area contributed by atoms with Gasteiger partial charge in [-0.2, -0.15) is 0 Å². The Kier molecular flexibility index (Phi) is 6.29. The first-order valence-corrected chi connectivity index (χ1v) is 12.3. The SMILES string of the molecule is CNC(=O)c1cc2cccc(Nc3ncc4c(n3)/C(=C(\Cc3ccccc3)NC)C(=N)CC4)c2s1. The van der Waals surface area contributed by atoms with E-state index in [0.717, 1.165) is 44.7 Å². The van der Waals surface area contributed by atoms with Crippen LogP contribution in [0.2, 0.25) is 0 Å². The molecule has 4 N–H and O–H groups in total. The molecule has 2 aromatic carbocycles. The van der Waals surface area contributed by atoms with Gasteiger partial charge in [-0.3, -0.25) is 4.79 Å². The van der Waals surface area contributed by atoms with Gasteiger partial charge in [-0.25, -0.2) is 9.97 Å². The predicted octanol–water partition coefficient (Wildman–Crippen LogP) is 4.93. The Morgan fingerprint density at radius 1 is 1.06 bits per heavy atom. The van der Waals surface area contributed by atoms with Crippen LogP contribution in [0.25, 0.3) is 15.7 Å². The van der Waals surface area contributed by atoms with Crippen molar-refractivity contribution in [2.75, 3.05) is 19.4 Å². The van der Waals surface area contributed by atoms with Crippen LogP contribution in [0.3, 0.4) is 0 Å². The smallest absolute Gasteiger partial charge is 0.261 e. The van der Waals surface area contributed by atoms with Gasteiger partial charge in [0.1, 0.15) is 0 Å². The number of allylic oxidation sites excluding steroid dienone is 2. The largest absolute Gasteiger partial charge is 0.391 e. The number of fused-ring (bicyclic) bond motifs is 2. The molecule has 0 atom stereocenters. The highest BCUT2D eigenvalue weighted by atomic mass is 32.1. The average Bonchev–Trinajstić information content (AvgIpc) is 3.33. The van der Waals surface area contributed by atoms with E-state index >= 15 is 0 Å². The quantitative estimate of drug-likeness (QED) is 0.312. The summed E-state index contributed by atoms with van der Waals surface area (Å²) < 4.78 is 0.968. The zero-order valence-electron chi connectivity index (χ0n) is 19.6. The lowest BCUT2D eigenvalue weighted by Gasteiger charge is -2.23. The number of hydrogen-bond acceptors (Lipinski definition) is 7. The van der Waals surface area contributed by atoms with Crippen LogP contribution in [0.4, 0.5) is 11.6 Å². The lowest BCUT2D eigenvalue weighted by molar-refractivity contribution is 0.0967. The fraction of sp³-hybridized carbons (Fsp3) is 0.185. The summed E-state index contributed by atoms with van der Waals surface area (Å²) >= 11 is 1.43. The zero-order chi connectivity index (χ0) is 24.4. The Labute approximate surface area is 207 Å². The van der Waals surface area contributed by atoms with Crippen LogP contribution in [0, 0.1) is 5.41 Å². The molecule has 7 nitrogen and oxygen atoms in total. The molecule has 8 heteroatoms. The molecule has 0 aliphatic heterocycles. The van der Waals surface area contributed by atoms with Crippen LogP contribution in [0.15, 0.2) is 66.5 Å². The number of carbonyl (C=O) groups excluding carboxylic acids is 1. The molecule has 0 fully saturated rings. The molecule has 1 aliphatic rings. The number of nitrogens with one attached hydrogen (secondary N) is 4.